The van der Waals surface area contributed by atoms with E-state index in [1.807, 2.05) is 0 Å². The van der Waals surface area contributed by atoms with E-state index in [0.717, 1.165) is 12.1 Å². The summed E-state index contributed by atoms with van der Waals surface area (Å²) in [7, 11) is 0. The number of nitrogens with one attached hydrogen (secondary N) is 3. The lowest BCUT2D eigenvalue weighted by molar-refractivity contribution is -0.114. The second-order valence-electron chi connectivity index (χ2n) is 5.06. The largest absolute Gasteiger partial charge is 0.489 e. The fourth-order valence-corrected chi connectivity index (χ4v) is 1.93. The van der Waals surface area contributed by atoms with Crippen LogP contribution in [0.2, 0.25) is 0 Å². The van der Waals surface area contributed by atoms with Gasteiger partial charge in [0, 0.05) is 24.4 Å². The smallest absolute Gasteiger partial charge is 0.319 e. The summed E-state index contributed by atoms with van der Waals surface area (Å²) in [6, 6.07) is 9.10. The zero-order chi connectivity index (χ0) is 18.2. The van der Waals surface area contributed by atoms with Crippen LogP contribution in [0.15, 0.2) is 42.5 Å². The van der Waals surface area contributed by atoms with E-state index in [0.29, 0.717) is 11.4 Å². The molecule has 0 unspecified atom stereocenters. The maximum absolute atomic E-state index is 13.3. The van der Waals surface area contributed by atoms with Crippen molar-refractivity contribution in [3.63, 3.8) is 0 Å². The zero-order valence-corrected chi connectivity index (χ0v) is 13.4. The molecule has 3 amide bonds. The molecule has 0 aliphatic rings. The van der Waals surface area contributed by atoms with Gasteiger partial charge >= 0.3 is 6.03 Å². The predicted molar refractivity (Wildman–Crippen MR) is 89.6 cm³/mol. The maximum Gasteiger partial charge on any atom is 0.319 e. The monoisotopic (exact) mass is 349 g/mol. The average molecular weight is 349 g/mol. The van der Waals surface area contributed by atoms with Crippen LogP contribution in [0, 0.1) is 11.6 Å². The molecule has 0 aliphatic carbocycles. The molecule has 132 valence electrons. The van der Waals surface area contributed by atoms with Gasteiger partial charge in [-0.3, -0.25) is 4.79 Å². The van der Waals surface area contributed by atoms with Crippen LogP contribution in [0.4, 0.5) is 25.0 Å². The normalized spacial score (nSPS) is 10.0. The van der Waals surface area contributed by atoms with Crippen LogP contribution in [0.5, 0.6) is 5.75 Å². The third kappa shape index (κ3) is 6.09. The van der Waals surface area contributed by atoms with Gasteiger partial charge in [0.1, 0.15) is 12.4 Å². The highest BCUT2D eigenvalue weighted by atomic mass is 19.1. The molecule has 6 nitrogen and oxygen atoms in total. The Morgan fingerprint density at radius 1 is 1.00 bits per heavy atom. The van der Waals surface area contributed by atoms with E-state index < -0.39 is 17.7 Å². The van der Waals surface area contributed by atoms with E-state index in [9.17, 15) is 18.4 Å². The fraction of sp³-hybridized carbons (Fsp3) is 0.176. The van der Waals surface area contributed by atoms with Gasteiger partial charge in [0.05, 0.1) is 6.54 Å². The Hall–Kier alpha value is -3.16. The Bertz CT molecular complexity index is 751. The second-order valence-corrected chi connectivity index (χ2v) is 5.06. The summed E-state index contributed by atoms with van der Waals surface area (Å²) in [5, 5.41) is 7.75. The molecule has 0 heterocycles. The average Bonchev–Trinajstić information content (AvgIpc) is 2.54. The van der Waals surface area contributed by atoms with Crippen LogP contribution in [0.1, 0.15) is 6.92 Å². The summed E-state index contributed by atoms with van der Waals surface area (Å²) in [5.74, 6) is -1.76. The molecule has 0 saturated heterocycles. The van der Waals surface area contributed by atoms with Crippen molar-refractivity contribution in [1.29, 1.82) is 0 Å². The zero-order valence-electron chi connectivity index (χ0n) is 13.4. The third-order valence-electron chi connectivity index (χ3n) is 3.00. The van der Waals surface area contributed by atoms with E-state index in [2.05, 4.69) is 16.0 Å². The van der Waals surface area contributed by atoms with Crippen LogP contribution in [0.25, 0.3) is 0 Å². The summed E-state index contributed by atoms with van der Waals surface area (Å²) in [5.41, 5.74) is 1.16. The molecule has 0 bridgehead atoms. The Labute approximate surface area is 143 Å². The number of amides is 3. The lowest BCUT2D eigenvalue weighted by Crippen LogP contribution is -2.32. The van der Waals surface area contributed by atoms with Crippen molar-refractivity contribution in [2.75, 3.05) is 23.8 Å². The fourth-order valence-electron chi connectivity index (χ4n) is 1.93. The molecule has 0 fully saturated rings. The van der Waals surface area contributed by atoms with Gasteiger partial charge in [0.15, 0.2) is 11.6 Å². The molecule has 2 rings (SSSR count). The van der Waals surface area contributed by atoms with Crippen molar-refractivity contribution < 1.29 is 23.1 Å². The van der Waals surface area contributed by atoms with Crippen molar-refractivity contribution >= 4 is 23.3 Å². The number of hydrogen-bond donors (Lipinski definition) is 3. The Morgan fingerprint density at radius 3 is 2.24 bits per heavy atom. The number of rotatable bonds is 6. The van der Waals surface area contributed by atoms with Crippen molar-refractivity contribution in [1.82, 2.24) is 5.32 Å². The molecule has 3 N–H and O–H groups in total. The molecular weight excluding hydrogens is 332 g/mol. The lowest BCUT2D eigenvalue weighted by atomic mass is 10.3. The summed E-state index contributed by atoms with van der Waals surface area (Å²) < 4.78 is 31.2. The van der Waals surface area contributed by atoms with E-state index in [4.69, 9.17) is 4.74 Å². The SMILES string of the molecule is CC(=O)Nc1ccc(NC(=O)NCCOc2ccc(F)cc2F)cc1. The molecule has 2 aromatic rings. The Morgan fingerprint density at radius 2 is 1.64 bits per heavy atom. The standard InChI is InChI=1S/C17H17F2N3O3/c1-11(23)21-13-3-5-14(6-4-13)22-17(24)20-8-9-25-16-7-2-12(18)10-15(16)19/h2-7,10H,8-9H2,1H3,(H,21,23)(H2,20,22,24). The number of hydrogen-bond acceptors (Lipinski definition) is 3. The van der Waals surface area contributed by atoms with Gasteiger partial charge in [-0.05, 0) is 36.4 Å². The molecule has 0 spiro atoms. The van der Waals surface area contributed by atoms with E-state index >= 15 is 0 Å². The van der Waals surface area contributed by atoms with E-state index in [-0.39, 0.29) is 24.8 Å². The number of halogens is 2. The molecular formula is C17H17F2N3O3. The minimum absolute atomic E-state index is 0.0252. The summed E-state index contributed by atoms with van der Waals surface area (Å²) >= 11 is 0. The number of urea groups is 1. The lowest BCUT2D eigenvalue weighted by Gasteiger charge is -2.10. The first-order chi connectivity index (χ1) is 11.9. The molecule has 0 saturated carbocycles. The third-order valence-corrected chi connectivity index (χ3v) is 3.00. The number of ether oxygens (including phenoxy) is 1. The number of carbonyl (C=O) groups is 2. The first-order valence-electron chi connectivity index (χ1n) is 7.44. The summed E-state index contributed by atoms with van der Waals surface area (Å²) in [6.07, 6.45) is 0. The van der Waals surface area contributed by atoms with E-state index in [1.54, 1.807) is 24.3 Å². The summed E-state index contributed by atoms with van der Waals surface area (Å²) in [4.78, 5) is 22.6. The highest BCUT2D eigenvalue weighted by Crippen LogP contribution is 2.17. The molecule has 0 radical (unpaired) electrons. The predicted octanol–water partition coefficient (Wildman–Crippen LogP) is 3.12. The molecule has 0 aromatic heterocycles. The van der Waals surface area contributed by atoms with Gasteiger partial charge in [-0.25, -0.2) is 13.6 Å². The van der Waals surface area contributed by atoms with Gasteiger partial charge in [0.25, 0.3) is 0 Å². The van der Waals surface area contributed by atoms with Crippen LogP contribution in [0.3, 0.4) is 0 Å². The van der Waals surface area contributed by atoms with Crippen molar-refractivity contribution in [3.05, 3.63) is 54.1 Å². The summed E-state index contributed by atoms with van der Waals surface area (Å²) in [6.45, 7) is 1.56. The van der Waals surface area contributed by atoms with Gasteiger partial charge in [-0.15, -0.1) is 0 Å². The highest BCUT2D eigenvalue weighted by molar-refractivity contribution is 5.91. The van der Waals surface area contributed by atoms with Crippen molar-refractivity contribution in [2.45, 2.75) is 6.92 Å². The Kier molecular flexibility index (Phi) is 6.27. The molecule has 2 aromatic carbocycles. The Balaban J connectivity index is 1.72. The second kappa shape index (κ2) is 8.62. The molecule has 0 atom stereocenters. The minimum atomic E-state index is -0.802. The number of anilines is 2. The minimum Gasteiger partial charge on any atom is -0.489 e. The van der Waals surface area contributed by atoms with E-state index in [1.165, 1.54) is 13.0 Å². The van der Waals surface area contributed by atoms with Gasteiger partial charge in [0.2, 0.25) is 5.91 Å². The topological polar surface area (TPSA) is 79.5 Å². The highest BCUT2D eigenvalue weighted by Gasteiger charge is 2.05. The first-order valence-corrected chi connectivity index (χ1v) is 7.44. The van der Waals surface area contributed by atoms with Gasteiger partial charge in [-0.1, -0.05) is 0 Å². The number of benzene rings is 2. The van der Waals surface area contributed by atoms with Crippen molar-refractivity contribution in [2.24, 2.45) is 0 Å². The molecule has 0 aliphatic heterocycles. The molecule has 8 heteroatoms. The maximum atomic E-state index is 13.3. The van der Waals surface area contributed by atoms with Crippen molar-refractivity contribution in [3.8, 4) is 5.75 Å². The van der Waals surface area contributed by atoms with Crippen LogP contribution >= 0.6 is 0 Å². The quantitative estimate of drug-likeness (QED) is 0.701. The van der Waals surface area contributed by atoms with Gasteiger partial charge < -0.3 is 20.7 Å². The first kappa shape index (κ1) is 18.2. The molecule has 25 heavy (non-hydrogen) atoms. The van der Waals surface area contributed by atoms with Crippen LogP contribution < -0.4 is 20.7 Å². The van der Waals surface area contributed by atoms with Crippen LogP contribution in [-0.4, -0.2) is 25.1 Å². The van der Waals surface area contributed by atoms with Gasteiger partial charge in [-0.2, -0.15) is 0 Å². The number of carbonyl (C=O) groups excluding carboxylic acids is 2. The van der Waals surface area contributed by atoms with Crippen LogP contribution in [-0.2, 0) is 4.79 Å².